The summed E-state index contributed by atoms with van der Waals surface area (Å²) in [4.78, 5) is 34.6. The summed E-state index contributed by atoms with van der Waals surface area (Å²) in [5.74, 6) is 0.0124. The second-order valence-electron chi connectivity index (χ2n) is 14.9. The summed E-state index contributed by atoms with van der Waals surface area (Å²) in [5, 5.41) is 9.20. The van der Waals surface area contributed by atoms with Gasteiger partial charge in [0.05, 0.1) is 11.7 Å². The first-order valence-corrected chi connectivity index (χ1v) is 19.2. The molecule has 10 heteroatoms. The van der Waals surface area contributed by atoms with Crippen molar-refractivity contribution in [1.82, 2.24) is 20.5 Å². The van der Waals surface area contributed by atoms with Gasteiger partial charge < -0.3 is 24.7 Å². The molecule has 46 heavy (non-hydrogen) atoms. The Morgan fingerprint density at radius 3 is 2.15 bits per heavy atom. The number of nitrogens with one attached hydrogen (secondary N) is 2. The number of ether oxygens (including phenoxy) is 1. The van der Waals surface area contributed by atoms with Gasteiger partial charge in [0.25, 0.3) is 14.2 Å². The Kier molecular flexibility index (Phi) is 10.4. The Bertz CT molecular complexity index is 1450. The molecular formula is C36H50N4O4SSi. The van der Waals surface area contributed by atoms with Gasteiger partial charge in [-0.15, -0.1) is 11.3 Å². The maximum Gasteiger partial charge on any atom is 0.407 e. The van der Waals surface area contributed by atoms with Crippen LogP contribution in [0.25, 0.3) is 0 Å². The van der Waals surface area contributed by atoms with E-state index in [-0.39, 0.29) is 28.9 Å². The summed E-state index contributed by atoms with van der Waals surface area (Å²) in [6, 6.07) is 20.8. The number of aromatic nitrogens is 1. The fourth-order valence-electron chi connectivity index (χ4n) is 6.86. The Morgan fingerprint density at radius 1 is 0.935 bits per heavy atom. The molecule has 2 aliphatic rings. The number of likely N-dealkylation sites (N-methyl/N-ethyl adjacent to an activating group) is 1. The first-order valence-electron chi connectivity index (χ1n) is 16.5. The molecule has 0 unspecified atom stereocenters. The highest BCUT2D eigenvalue weighted by molar-refractivity contribution is 7.13. The topological polar surface area (TPSA) is 92.8 Å². The highest BCUT2D eigenvalue weighted by Crippen LogP contribution is 2.38. The number of carbonyl (C=O) groups is 2. The molecular weight excluding hydrogens is 613 g/mol. The predicted octanol–water partition coefficient (Wildman–Crippen LogP) is 5.50. The fraction of sp³-hybridized carbons (Fsp3) is 0.528. The van der Waals surface area contributed by atoms with Crippen molar-refractivity contribution in [3.8, 4) is 0 Å². The van der Waals surface area contributed by atoms with Gasteiger partial charge in [-0.1, -0.05) is 81.4 Å². The normalized spacial score (nSPS) is 20.9. The van der Waals surface area contributed by atoms with Crippen LogP contribution in [-0.2, 0) is 22.1 Å². The molecule has 0 spiro atoms. The minimum atomic E-state index is -2.71. The molecule has 2 heterocycles. The van der Waals surface area contributed by atoms with Gasteiger partial charge in [-0.05, 0) is 68.4 Å². The molecule has 1 fully saturated rings. The Balaban J connectivity index is 1.38. The number of rotatable bonds is 8. The van der Waals surface area contributed by atoms with Gasteiger partial charge in [-0.3, -0.25) is 4.79 Å². The van der Waals surface area contributed by atoms with E-state index in [2.05, 4.69) is 104 Å². The van der Waals surface area contributed by atoms with Crippen molar-refractivity contribution in [2.75, 3.05) is 20.2 Å². The Morgan fingerprint density at radius 2 is 1.57 bits per heavy atom. The van der Waals surface area contributed by atoms with Crippen LogP contribution in [-0.4, -0.2) is 68.1 Å². The summed E-state index contributed by atoms with van der Waals surface area (Å²) in [6.45, 7) is 14.7. The lowest BCUT2D eigenvalue weighted by molar-refractivity contribution is 0.0455. The molecule has 8 nitrogen and oxygen atoms in total. The number of nitrogens with zero attached hydrogens (tertiary/aromatic N) is 2. The first kappa shape index (κ1) is 34.3. The molecule has 3 aromatic rings. The summed E-state index contributed by atoms with van der Waals surface area (Å²) < 4.78 is 12.9. The average Bonchev–Trinajstić information content (AvgIpc) is 3.42. The molecule has 0 saturated heterocycles. The molecule has 1 aliphatic carbocycles. The first-order chi connectivity index (χ1) is 21.7. The van der Waals surface area contributed by atoms with Crippen LogP contribution >= 0.6 is 11.3 Å². The minimum Gasteiger partial charge on any atom is -0.444 e. The molecule has 248 valence electrons. The average molecular weight is 663 g/mol. The third kappa shape index (κ3) is 7.90. The van der Waals surface area contributed by atoms with E-state index >= 15 is 0 Å². The van der Waals surface area contributed by atoms with Crippen molar-refractivity contribution in [3.05, 3.63) is 76.2 Å². The third-order valence-electron chi connectivity index (χ3n) is 9.05. The van der Waals surface area contributed by atoms with Crippen LogP contribution in [0.2, 0.25) is 5.04 Å². The number of fused-ring (bicyclic) bond motifs is 1. The maximum absolute atomic E-state index is 13.7. The summed E-state index contributed by atoms with van der Waals surface area (Å²) in [5.41, 5.74) is 0.411. The monoisotopic (exact) mass is 662 g/mol. The standard InChI is InChI=1S/C36H50N4O4SSi/c1-35(2,3)44-34(42)39-28-19-18-25(22-30(28)37-32(41)33-38-29-20-21-40(7)23-31(29)45-33)24-43-46(36(4,5)6,26-14-10-8-11-15-26)27-16-12-9-13-17-27/h8-17,25,28,30H,18-24H2,1-7H3,(H,37,41)(H,39,42)/t25-,28+,30+/m1/s1. The molecule has 0 radical (unpaired) electrons. The highest BCUT2D eigenvalue weighted by Gasteiger charge is 2.50. The van der Waals surface area contributed by atoms with Crippen LogP contribution < -0.4 is 21.0 Å². The molecule has 1 aromatic heterocycles. The molecule has 1 aliphatic heterocycles. The van der Waals surface area contributed by atoms with E-state index in [0.29, 0.717) is 24.5 Å². The predicted molar refractivity (Wildman–Crippen MR) is 187 cm³/mol. The van der Waals surface area contributed by atoms with Crippen molar-refractivity contribution in [2.24, 2.45) is 5.92 Å². The molecule has 0 bridgehead atoms. The van der Waals surface area contributed by atoms with E-state index in [4.69, 9.17) is 14.1 Å². The molecule has 5 rings (SSSR count). The highest BCUT2D eigenvalue weighted by atomic mass is 32.1. The lowest BCUT2D eigenvalue weighted by Gasteiger charge is -2.45. The SMILES string of the molecule is CN1CCc2nc(C(=O)N[C@H]3C[C@H](CO[Si](c4ccccc4)(c4ccccc4)C(C)(C)C)CC[C@@H]3NC(=O)OC(C)(C)C)sc2C1. The fourth-order valence-corrected chi connectivity index (χ4v) is 12.6. The summed E-state index contributed by atoms with van der Waals surface area (Å²) in [6.07, 6.45) is 2.63. The lowest BCUT2D eigenvalue weighted by Crippen LogP contribution is -2.67. The van der Waals surface area contributed by atoms with Crippen molar-refractivity contribution < 1.29 is 18.8 Å². The summed E-state index contributed by atoms with van der Waals surface area (Å²) >= 11 is 1.48. The molecule has 3 atom stereocenters. The number of alkyl carbamates (subject to hydrolysis) is 1. The van der Waals surface area contributed by atoms with Crippen molar-refractivity contribution in [3.63, 3.8) is 0 Å². The van der Waals surface area contributed by atoms with Gasteiger partial charge in [0.15, 0.2) is 5.01 Å². The quantitative estimate of drug-likeness (QED) is 0.310. The Hall–Kier alpha value is -3.05. The number of hydrogen-bond acceptors (Lipinski definition) is 7. The van der Waals surface area contributed by atoms with E-state index in [0.717, 1.165) is 36.5 Å². The lowest BCUT2D eigenvalue weighted by atomic mass is 9.82. The van der Waals surface area contributed by atoms with Gasteiger partial charge in [0.1, 0.15) is 5.60 Å². The van der Waals surface area contributed by atoms with Crippen molar-refractivity contribution in [2.45, 2.75) is 96.5 Å². The van der Waals surface area contributed by atoms with Gasteiger partial charge in [-0.2, -0.15) is 0 Å². The van der Waals surface area contributed by atoms with Crippen LogP contribution in [0.4, 0.5) is 4.79 Å². The van der Waals surface area contributed by atoms with E-state index in [9.17, 15) is 9.59 Å². The Labute approximate surface area is 279 Å². The largest absolute Gasteiger partial charge is 0.444 e. The van der Waals surface area contributed by atoms with Crippen LogP contribution in [0.1, 0.15) is 81.2 Å². The van der Waals surface area contributed by atoms with Crippen molar-refractivity contribution in [1.29, 1.82) is 0 Å². The van der Waals surface area contributed by atoms with Gasteiger partial charge in [0, 0.05) is 37.0 Å². The van der Waals surface area contributed by atoms with Crippen LogP contribution in [0.3, 0.4) is 0 Å². The number of hydrogen-bond donors (Lipinski definition) is 2. The van der Waals surface area contributed by atoms with Gasteiger partial charge in [0.2, 0.25) is 0 Å². The maximum atomic E-state index is 13.7. The van der Waals surface area contributed by atoms with E-state index in [1.807, 2.05) is 20.8 Å². The van der Waals surface area contributed by atoms with Gasteiger partial charge in [-0.25, -0.2) is 9.78 Å². The molecule has 1 saturated carbocycles. The number of thiazole rings is 1. The zero-order valence-electron chi connectivity index (χ0n) is 28.4. The van der Waals surface area contributed by atoms with Crippen molar-refractivity contribution >= 4 is 42.0 Å². The smallest absolute Gasteiger partial charge is 0.407 e. The van der Waals surface area contributed by atoms with Crippen LogP contribution in [0, 0.1) is 5.92 Å². The van der Waals surface area contributed by atoms with E-state index in [1.54, 1.807) is 0 Å². The minimum absolute atomic E-state index is 0.128. The number of carbonyl (C=O) groups excluding carboxylic acids is 2. The molecule has 2 aromatic carbocycles. The summed E-state index contributed by atoms with van der Waals surface area (Å²) in [7, 11) is -0.621. The number of amides is 2. The second-order valence-corrected chi connectivity index (χ2v) is 20.3. The van der Waals surface area contributed by atoms with E-state index < -0.39 is 20.0 Å². The number of benzene rings is 2. The van der Waals surface area contributed by atoms with E-state index in [1.165, 1.54) is 21.7 Å². The van der Waals surface area contributed by atoms with Crippen LogP contribution in [0.15, 0.2) is 60.7 Å². The second kappa shape index (κ2) is 14.0. The molecule has 2 amide bonds. The zero-order valence-corrected chi connectivity index (χ0v) is 30.2. The molecule has 2 N–H and O–H groups in total. The third-order valence-corrected chi connectivity index (χ3v) is 15.1. The van der Waals surface area contributed by atoms with Gasteiger partial charge >= 0.3 is 6.09 Å². The zero-order chi connectivity index (χ0) is 33.1. The van der Waals surface area contributed by atoms with Crippen LogP contribution in [0.5, 0.6) is 0 Å².